The van der Waals surface area contributed by atoms with Gasteiger partial charge in [-0.05, 0) is 19.3 Å². The van der Waals surface area contributed by atoms with Gasteiger partial charge in [-0.3, -0.25) is 0 Å². The monoisotopic (exact) mass is 207 g/mol. The minimum Gasteiger partial charge on any atom is -0.380 e. The van der Waals surface area contributed by atoms with Crippen molar-refractivity contribution in [3.8, 4) is 0 Å². The van der Waals surface area contributed by atoms with Gasteiger partial charge in [0.2, 0.25) is 0 Å². The number of alkyl halides is 1. The van der Waals surface area contributed by atoms with Crippen LogP contribution in [0.2, 0.25) is 0 Å². The molecule has 1 N–H and O–H groups in total. The van der Waals surface area contributed by atoms with Crippen LogP contribution in [0.3, 0.4) is 0 Å². The van der Waals surface area contributed by atoms with Gasteiger partial charge in [-0.1, -0.05) is 13.8 Å². The summed E-state index contributed by atoms with van der Waals surface area (Å²) in [5, 5.41) is 3.38. The SMILES string of the molecule is CCOCCNC(CCl)CC(C)C. The molecular formula is C10H22ClNO. The summed E-state index contributed by atoms with van der Waals surface area (Å²) in [6, 6.07) is 0.433. The van der Waals surface area contributed by atoms with Crippen molar-refractivity contribution in [2.45, 2.75) is 33.2 Å². The van der Waals surface area contributed by atoms with Crippen molar-refractivity contribution in [1.82, 2.24) is 5.32 Å². The summed E-state index contributed by atoms with van der Waals surface area (Å²) in [7, 11) is 0. The van der Waals surface area contributed by atoms with Crippen LogP contribution in [-0.4, -0.2) is 31.7 Å². The Kier molecular flexibility index (Phi) is 8.93. The van der Waals surface area contributed by atoms with Gasteiger partial charge in [-0.25, -0.2) is 0 Å². The minimum absolute atomic E-state index is 0.433. The van der Waals surface area contributed by atoms with Crippen molar-refractivity contribution in [2.75, 3.05) is 25.6 Å². The predicted molar refractivity (Wildman–Crippen MR) is 58.5 cm³/mol. The van der Waals surface area contributed by atoms with Crippen molar-refractivity contribution in [3.05, 3.63) is 0 Å². The lowest BCUT2D eigenvalue weighted by molar-refractivity contribution is 0.146. The quantitative estimate of drug-likeness (QED) is 0.487. The molecule has 0 aliphatic rings. The van der Waals surface area contributed by atoms with Gasteiger partial charge >= 0.3 is 0 Å². The van der Waals surface area contributed by atoms with E-state index < -0.39 is 0 Å². The van der Waals surface area contributed by atoms with Gasteiger partial charge in [0.15, 0.2) is 0 Å². The smallest absolute Gasteiger partial charge is 0.0590 e. The highest BCUT2D eigenvalue weighted by atomic mass is 35.5. The molecule has 0 spiro atoms. The van der Waals surface area contributed by atoms with Gasteiger partial charge in [-0.2, -0.15) is 0 Å². The first-order chi connectivity index (χ1) is 6.20. The predicted octanol–water partition coefficient (Wildman–Crippen LogP) is 2.27. The van der Waals surface area contributed by atoms with Crippen LogP contribution in [0.5, 0.6) is 0 Å². The molecule has 1 unspecified atom stereocenters. The molecule has 3 heteroatoms. The van der Waals surface area contributed by atoms with Gasteiger partial charge in [0, 0.05) is 25.1 Å². The van der Waals surface area contributed by atoms with Gasteiger partial charge in [0.25, 0.3) is 0 Å². The van der Waals surface area contributed by atoms with Crippen LogP contribution in [0.4, 0.5) is 0 Å². The summed E-state index contributed by atoms with van der Waals surface area (Å²) in [5.41, 5.74) is 0. The Labute approximate surface area is 87.0 Å². The Bertz CT molecular complexity index is 109. The average molecular weight is 208 g/mol. The molecule has 0 rings (SSSR count). The average Bonchev–Trinajstić information content (AvgIpc) is 2.09. The Morgan fingerprint density at radius 2 is 2.08 bits per heavy atom. The van der Waals surface area contributed by atoms with E-state index in [4.69, 9.17) is 16.3 Å². The van der Waals surface area contributed by atoms with Gasteiger partial charge in [-0.15, -0.1) is 11.6 Å². The second kappa shape index (κ2) is 8.79. The first-order valence-electron chi connectivity index (χ1n) is 5.07. The zero-order chi connectivity index (χ0) is 10.1. The highest BCUT2D eigenvalue weighted by Gasteiger charge is 2.07. The van der Waals surface area contributed by atoms with Gasteiger partial charge < -0.3 is 10.1 Å². The van der Waals surface area contributed by atoms with Crippen molar-refractivity contribution < 1.29 is 4.74 Å². The van der Waals surface area contributed by atoms with Gasteiger partial charge in [0.1, 0.15) is 0 Å². The van der Waals surface area contributed by atoms with Crippen LogP contribution >= 0.6 is 11.6 Å². The van der Waals surface area contributed by atoms with Crippen LogP contribution in [0, 0.1) is 5.92 Å². The Balaban J connectivity index is 3.36. The molecule has 0 aromatic rings. The third kappa shape index (κ3) is 8.54. The zero-order valence-corrected chi connectivity index (χ0v) is 9.73. The lowest BCUT2D eigenvalue weighted by atomic mass is 10.1. The molecule has 13 heavy (non-hydrogen) atoms. The maximum Gasteiger partial charge on any atom is 0.0590 e. The third-order valence-corrected chi connectivity index (χ3v) is 2.20. The standard InChI is InChI=1S/C10H22ClNO/c1-4-13-6-5-12-10(8-11)7-9(2)3/h9-10,12H,4-8H2,1-3H3. The van der Waals surface area contributed by atoms with Crippen LogP contribution in [0.15, 0.2) is 0 Å². The second-order valence-electron chi connectivity index (χ2n) is 3.63. The summed E-state index contributed by atoms with van der Waals surface area (Å²) >= 11 is 5.82. The molecule has 0 saturated carbocycles. The molecule has 0 fully saturated rings. The first-order valence-corrected chi connectivity index (χ1v) is 5.61. The maximum absolute atomic E-state index is 5.82. The highest BCUT2D eigenvalue weighted by molar-refractivity contribution is 6.18. The van der Waals surface area contributed by atoms with E-state index in [0.29, 0.717) is 17.8 Å². The molecule has 2 nitrogen and oxygen atoms in total. The molecule has 0 aromatic heterocycles. The van der Waals surface area contributed by atoms with Crippen LogP contribution in [0.1, 0.15) is 27.2 Å². The summed E-state index contributed by atoms with van der Waals surface area (Å²) in [6.07, 6.45) is 1.13. The first kappa shape index (κ1) is 13.2. The van der Waals surface area contributed by atoms with E-state index in [9.17, 15) is 0 Å². The molecule has 0 aliphatic carbocycles. The van der Waals surface area contributed by atoms with Crippen molar-refractivity contribution in [3.63, 3.8) is 0 Å². The number of rotatable bonds is 8. The molecule has 0 saturated heterocycles. The van der Waals surface area contributed by atoms with E-state index in [1.54, 1.807) is 0 Å². The number of hydrogen-bond acceptors (Lipinski definition) is 2. The van der Waals surface area contributed by atoms with Crippen molar-refractivity contribution in [1.29, 1.82) is 0 Å². The van der Waals surface area contributed by atoms with Crippen LogP contribution in [0.25, 0.3) is 0 Å². The molecule has 80 valence electrons. The number of hydrogen-bond donors (Lipinski definition) is 1. The van der Waals surface area contributed by atoms with Crippen molar-refractivity contribution in [2.24, 2.45) is 5.92 Å². The van der Waals surface area contributed by atoms with E-state index in [1.165, 1.54) is 0 Å². The third-order valence-electron chi connectivity index (χ3n) is 1.83. The Morgan fingerprint density at radius 3 is 2.54 bits per heavy atom. The number of nitrogens with one attached hydrogen (secondary N) is 1. The largest absolute Gasteiger partial charge is 0.380 e. The van der Waals surface area contributed by atoms with E-state index in [-0.39, 0.29) is 0 Å². The molecular weight excluding hydrogens is 186 g/mol. The fourth-order valence-corrected chi connectivity index (χ4v) is 1.48. The summed E-state index contributed by atoms with van der Waals surface area (Å²) in [4.78, 5) is 0. The summed E-state index contributed by atoms with van der Waals surface area (Å²) in [6.45, 7) is 8.90. The van der Waals surface area contributed by atoms with Crippen LogP contribution < -0.4 is 5.32 Å². The molecule has 0 aliphatic heterocycles. The summed E-state index contributed by atoms with van der Waals surface area (Å²) in [5.74, 6) is 1.38. The molecule has 1 atom stereocenters. The topological polar surface area (TPSA) is 21.3 Å². The van der Waals surface area contributed by atoms with E-state index >= 15 is 0 Å². The minimum atomic E-state index is 0.433. The lowest BCUT2D eigenvalue weighted by Crippen LogP contribution is -2.34. The molecule has 0 heterocycles. The Morgan fingerprint density at radius 1 is 1.38 bits per heavy atom. The molecule has 0 aromatic carbocycles. The van der Waals surface area contributed by atoms with Gasteiger partial charge in [0.05, 0.1) is 6.61 Å². The fourth-order valence-electron chi connectivity index (χ4n) is 1.25. The molecule has 0 bridgehead atoms. The molecule has 0 radical (unpaired) electrons. The van der Waals surface area contributed by atoms with E-state index in [1.807, 2.05) is 6.92 Å². The maximum atomic E-state index is 5.82. The summed E-state index contributed by atoms with van der Waals surface area (Å²) < 4.78 is 5.23. The molecule has 0 amide bonds. The normalized spacial score (nSPS) is 13.6. The highest BCUT2D eigenvalue weighted by Crippen LogP contribution is 2.05. The van der Waals surface area contributed by atoms with Crippen LogP contribution in [-0.2, 0) is 4.74 Å². The van der Waals surface area contributed by atoms with Crippen molar-refractivity contribution >= 4 is 11.6 Å². The van der Waals surface area contributed by atoms with E-state index in [2.05, 4.69) is 19.2 Å². The van der Waals surface area contributed by atoms with E-state index in [0.717, 1.165) is 26.2 Å². The second-order valence-corrected chi connectivity index (χ2v) is 3.94. The Hall–Kier alpha value is 0.210. The zero-order valence-electron chi connectivity index (χ0n) is 8.98. The number of ether oxygens (including phenoxy) is 1. The number of halogens is 1. The lowest BCUT2D eigenvalue weighted by Gasteiger charge is -2.17. The fraction of sp³-hybridized carbons (Fsp3) is 1.00.